The summed E-state index contributed by atoms with van der Waals surface area (Å²) in [6, 6.07) is 8.04. The molecule has 3 atom stereocenters. The molecule has 1 heterocycles. The van der Waals surface area contributed by atoms with Gasteiger partial charge < -0.3 is 21.5 Å². The van der Waals surface area contributed by atoms with Gasteiger partial charge in [-0.2, -0.15) is 0 Å². The monoisotopic (exact) mass is 313 g/mol. The second-order valence-electron chi connectivity index (χ2n) is 4.81. The first kappa shape index (κ1) is 17.4. The third kappa shape index (κ3) is 4.42. The second-order valence-corrected chi connectivity index (χ2v) is 4.81. The van der Waals surface area contributed by atoms with Gasteiger partial charge in [-0.3, -0.25) is 9.59 Å². The van der Waals surface area contributed by atoms with Gasteiger partial charge in [0.25, 0.3) is 0 Å². The molecule has 1 fully saturated rings. The number of amides is 2. The molecule has 1 aromatic carbocycles. The standard InChI is InChI=1S/C14H19N3O3.ClH/c15-8-10-6-7-11(20-10)14(19)17-12(13(16)18)9-4-2-1-3-5-9;/h1-5,10-12H,6-8,15H2,(H2,16,18)(H,17,19);1H/t10-,11+,12?;/m1./s1. The van der Waals surface area contributed by atoms with Gasteiger partial charge >= 0.3 is 0 Å². The molecule has 5 N–H and O–H groups in total. The summed E-state index contributed by atoms with van der Waals surface area (Å²) in [5, 5.41) is 2.64. The van der Waals surface area contributed by atoms with Crippen LogP contribution >= 0.6 is 12.4 Å². The van der Waals surface area contributed by atoms with E-state index in [9.17, 15) is 9.59 Å². The molecule has 21 heavy (non-hydrogen) atoms. The van der Waals surface area contributed by atoms with Crippen molar-refractivity contribution < 1.29 is 14.3 Å². The number of hydrogen-bond acceptors (Lipinski definition) is 4. The summed E-state index contributed by atoms with van der Waals surface area (Å²) in [5.41, 5.74) is 11.5. The van der Waals surface area contributed by atoms with Crippen molar-refractivity contribution in [3.8, 4) is 0 Å². The van der Waals surface area contributed by atoms with E-state index in [4.69, 9.17) is 16.2 Å². The smallest absolute Gasteiger partial charge is 0.250 e. The maximum Gasteiger partial charge on any atom is 0.250 e. The van der Waals surface area contributed by atoms with Crippen LogP contribution < -0.4 is 16.8 Å². The Morgan fingerprint density at radius 2 is 1.95 bits per heavy atom. The third-order valence-electron chi connectivity index (χ3n) is 3.37. The number of carbonyl (C=O) groups excluding carboxylic acids is 2. The predicted molar refractivity (Wildman–Crippen MR) is 80.7 cm³/mol. The zero-order valence-corrected chi connectivity index (χ0v) is 12.3. The lowest BCUT2D eigenvalue weighted by Gasteiger charge is -2.19. The van der Waals surface area contributed by atoms with Gasteiger partial charge in [-0.1, -0.05) is 30.3 Å². The number of halogens is 1. The Labute approximate surface area is 129 Å². The van der Waals surface area contributed by atoms with Crippen molar-refractivity contribution in [2.45, 2.75) is 31.1 Å². The fraction of sp³-hybridized carbons (Fsp3) is 0.429. The van der Waals surface area contributed by atoms with Gasteiger partial charge in [0.05, 0.1) is 6.10 Å². The number of nitrogens with two attached hydrogens (primary N) is 2. The average Bonchev–Trinajstić information content (AvgIpc) is 2.94. The molecule has 1 unspecified atom stereocenters. The highest BCUT2D eigenvalue weighted by atomic mass is 35.5. The summed E-state index contributed by atoms with van der Waals surface area (Å²) in [5.74, 6) is -0.925. The predicted octanol–water partition coefficient (Wildman–Crippen LogP) is 0.257. The summed E-state index contributed by atoms with van der Waals surface area (Å²) < 4.78 is 5.50. The minimum absolute atomic E-state index is 0. The third-order valence-corrected chi connectivity index (χ3v) is 3.37. The van der Waals surface area contributed by atoms with Crippen molar-refractivity contribution in [3.63, 3.8) is 0 Å². The summed E-state index contributed by atoms with van der Waals surface area (Å²) >= 11 is 0. The Kier molecular flexibility index (Phi) is 6.61. The molecule has 1 aliphatic heterocycles. The molecule has 2 amide bonds. The van der Waals surface area contributed by atoms with Crippen LogP contribution in [0.15, 0.2) is 30.3 Å². The van der Waals surface area contributed by atoms with Gasteiger partial charge in [0.15, 0.2) is 0 Å². The fourth-order valence-corrected chi connectivity index (χ4v) is 2.27. The number of ether oxygens (including phenoxy) is 1. The average molecular weight is 314 g/mol. The number of hydrogen-bond donors (Lipinski definition) is 3. The van der Waals surface area contributed by atoms with E-state index >= 15 is 0 Å². The van der Waals surface area contributed by atoms with Crippen LogP contribution in [-0.4, -0.2) is 30.6 Å². The van der Waals surface area contributed by atoms with E-state index in [2.05, 4.69) is 5.32 Å². The molecule has 0 saturated carbocycles. The Hall–Kier alpha value is -1.63. The second kappa shape index (κ2) is 7.97. The quantitative estimate of drug-likeness (QED) is 0.724. The molecular formula is C14H20ClN3O3. The van der Waals surface area contributed by atoms with Crippen molar-refractivity contribution in [2.24, 2.45) is 11.5 Å². The number of carbonyl (C=O) groups is 2. The van der Waals surface area contributed by atoms with Crippen LogP contribution in [0, 0.1) is 0 Å². The first-order valence-corrected chi connectivity index (χ1v) is 6.62. The van der Waals surface area contributed by atoms with E-state index in [0.29, 0.717) is 18.5 Å². The summed E-state index contributed by atoms with van der Waals surface area (Å²) in [6.45, 7) is 0.391. The minimum Gasteiger partial charge on any atom is -0.368 e. The Morgan fingerprint density at radius 1 is 1.29 bits per heavy atom. The topological polar surface area (TPSA) is 107 Å². The van der Waals surface area contributed by atoms with Crippen LogP contribution in [0.4, 0.5) is 0 Å². The van der Waals surface area contributed by atoms with Crippen molar-refractivity contribution in [1.29, 1.82) is 0 Å². The molecule has 0 aliphatic carbocycles. The minimum atomic E-state index is -0.843. The van der Waals surface area contributed by atoms with Gasteiger partial charge in [-0.25, -0.2) is 0 Å². The van der Waals surface area contributed by atoms with Gasteiger partial charge in [0, 0.05) is 6.54 Å². The van der Waals surface area contributed by atoms with E-state index in [0.717, 1.165) is 6.42 Å². The molecule has 0 spiro atoms. The molecule has 0 aromatic heterocycles. The number of rotatable bonds is 5. The Bertz CT molecular complexity index is 484. The van der Waals surface area contributed by atoms with Crippen LogP contribution in [0.3, 0.4) is 0 Å². The zero-order valence-electron chi connectivity index (χ0n) is 11.5. The number of nitrogens with one attached hydrogen (secondary N) is 1. The normalized spacial score (nSPS) is 22.1. The van der Waals surface area contributed by atoms with Crippen LogP contribution in [-0.2, 0) is 14.3 Å². The first-order chi connectivity index (χ1) is 9.61. The first-order valence-electron chi connectivity index (χ1n) is 6.62. The van der Waals surface area contributed by atoms with Gasteiger partial charge in [0.2, 0.25) is 11.8 Å². The Morgan fingerprint density at radius 3 is 2.48 bits per heavy atom. The van der Waals surface area contributed by atoms with E-state index in [-0.39, 0.29) is 24.4 Å². The fourth-order valence-electron chi connectivity index (χ4n) is 2.27. The molecule has 116 valence electrons. The highest BCUT2D eigenvalue weighted by Crippen LogP contribution is 2.20. The van der Waals surface area contributed by atoms with E-state index in [1.165, 1.54) is 0 Å². The molecular weight excluding hydrogens is 294 g/mol. The van der Waals surface area contributed by atoms with E-state index < -0.39 is 18.1 Å². The van der Waals surface area contributed by atoms with Crippen molar-refractivity contribution in [1.82, 2.24) is 5.32 Å². The SMILES string of the molecule is Cl.NC[C@H]1CC[C@@H](C(=O)NC(C(N)=O)c2ccccc2)O1. The molecule has 0 radical (unpaired) electrons. The van der Waals surface area contributed by atoms with Gasteiger partial charge in [0.1, 0.15) is 12.1 Å². The molecule has 2 rings (SSSR count). The lowest BCUT2D eigenvalue weighted by atomic mass is 10.1. The summed E-state index contributed by atoms with van der Waals surface area (Å²) in [6.07, 6.45) is 0.707. The summed E-state index contributed by atoms with van der Waals surface area (Å²) in [7, 11) is 0. The molecule has 1 aromatic rings. The lowest BCUT2D eigenvalue weighted by Crippen LogP contribution is -2.42. The molecule has 0 bridgehead atoms. The lowest BCUT2D eigenvalue weighted by molar-refractivity contribution is -0.135. The number of primary amides is 1. The van der Waals surface area contributed by atoms with E-state index in [1.807, 2.05) is 6.07 Å². The van der Waals surface area contributed by atoms with Crippen LogP contribution in [0.2, 0.25) is 0 Å². The largest absolute Gasteiger partial charge is 0.368 e. The molecule has 1 aliphatic rings. The van der Waals surface area contributed by atoms with Crippen molar-refractivity contribution in [3.05, 3.63) is 35.9 Å². The highest BCUT2D eigenvalue weighted by Gasteiger charge is 2.32. The maximum atomic E-state index is 12.1. The Balaban J connectivity index is 0.00000220. The van der Waals surface area contributed by atoms with Crippen molar-refractivity contribution >= 4 is 24.2 Å². The molecule has 6 nitrogen and oxygen atoms in total. The maximum absolute atomic E-state index is 12.1. The van der Waals surface area contributed by atoms with Crippen molar-refractivity contribution in [2.75, 3.05) is 6.54 Å². The zero-order chi connectivity index (χ0) is 14.5. The number of benzene rings is 1. The van der Waals surface area contributed by atoms with Crippen LogP contribution in [0.5, 0.6) is 0 Å². The molecule has 7 heteroatoms. The molecule has 1 saturated heterocycles. The van der Waals surface area contributed by atoms with Crippen LogP contribution in [0.25, 0.3) is 0 Å². The van der Waals surface area contributed by atoms with E-state index in [1.54, 1.807) is 24.3 Å². The summed E-state index contributed by atoms with van der Waals surface area (Å²) in [4.78, 5) is 23.6. The van der Waals surface area contributed by atoms with Gasteiger partial charge in [-0.05, 0) is 18.4 Å². The highest BCUT2D eigenvalue weighted by molar-refractivity contribution is 5.89. The van der Waals surface area contributed by atoms with Gasteiger partial charge in [-0.15, -0.1) is 12.4 Å². The van der Waals surface area contributed by atoms with Crippen LogP contribution in [0.1, 0.15) is 24.4 Å².